The fraction of sp³-hybridized carbons (Fsp3) is 0.167. The van der Waals surface area contributed by atoms with Gasteiger partial charge < -0.3 is 10.4 Å². The first-order valence-corrected chi connectivity index (χ1v) is 6.66. The molecule has 0 radical (unpaired) electrons. The molecule has 1 aliphatic rings. The predicted octanol–water partition coefficient (Wildman–Crippen LogP) is 1.98. The number of nitro groups is 1. The predicted molar refractivity (Wildman–Crippen MR) is 76.4 cm³/mol. The number of hydrogen-bond donors (Lipinski definition) is 2. The Bertz CT molecular complexity index is 686. The standard InChI is InChI=1S/C12H10BrN3O5/c1-2-15-11(18)9(14-12(15)19)4-6-3-7(16(20)21)5-8(13)10(6)17/h3-5,17H,2H2,1H3,(H,14,19)/b9-4+. The normalized spacial score (nSPS) is 16.5. The molecule has 0 aliphatic carbocycles. The van der Waals surface area contributed by atoms with Gasteiger partial charge in [-0.05, 0) is 28.9 Å². The van der Waals surface area contributed by atoms with Crippen molar-refractivity contribution in [3.63, 3.8) is 0 Å². The zero-order chi connectivity index (χ0) is 15.7. The number of likely N-dealkylation sites (N-methyl/N-ethyl adjacent to an activating group) is 1. The van der Waals surface area contributed by atoms with E-state index < -0.39 is 16.9 Å². The highest BCUT2D eigenvalue weighted by Gasteiger charge is 2.32. The Labute approximate surface area is 127 Å². The molecule has 0 spiro atoms. The molecular formula is C12H10BrN3O5. The molecule has 0 unspecified atom stereocenters. The molecule has 21 heavy (non-hydrogen) atoms. The molecule has 2 rings (SSSR count). The molecule has 9 heteroatoms. The lowest BCUT2D eigenvalue weighted by Crippen LogP contribution is -2.30. The number of imide groups is 1. The molecule has 3 amide bonds. The minimum absolute atomic E-state index is 0.0513. The average molecular weight is 356 g/mol. The number of halogens is 1. The number of phenolic OH excluding ortho intramolecular Hbond substituents is 1. The molecule has 1 aliphatic heterocycles. The minimum atomic E-state index is -0.625. The molecule has 1 fully saturated rings. The highest BCUT2D eigenvalue weighted by Crippen LogP contribution is 2.34. The topological polar surface area (TPSA) is 113 Å². The van der Waals surface area contributed by atoms with E-state index >= 15 is 0 Å². The van der Waals surface area contributed by atoms with Crippen LogP contribution in [-0.4, -0.2) is 33.4 Å². The van der Waals surface area contributed by atoms with Gasteiger partial charge in [0.25, 0.3) is 11.6 Å². The van der Waals surface area contributed by atoms with Gasteiger partial charge in [-0.25, -0.2) is 4.79 Å². The van der Waals surface area contributed by atoms with Crippen molar-refractivity contribution in [1.82, 2.24) is 10.2 Å². The van der Waals surface area contributed by atoms with Crippen LogP contribution in [0.25, 0.3) is 6.08 Å². The number of carbonyl (C=O) groups excluding carboxylic acids is 2. The summed E-state index contributed by atoms with van der Waals surface area (Å²) in [5.41, 5.74) is -0.252. The van der Waals surface area contributed by atoms with E-state index in [1.807, 2.05) is 0 Å². The Morgan fingerprint density at radius 3 is 2.67 bits per heavy atom. The van der Waals surface area contributed by atoms with E-state index in [0.717, 1.165) is 17.0 Å². The van der Waals surface area contributed by atoms with Crippen LogP contribution >= 0.6 is 15.9 Å². The molecule has 1 aromatic carbocycles. The third-order valence-electron chi connectivity index (χ3n) is 2.87. The summed E-state index contributed by atoms with van der Waals surface area (Å²) in [5.74, 6) is -0.811. The molecule has 2 N–H and O–H groups in total. The number of urea groups is 1. The van der Waals surface area contributed by atoms with Crippen molar-refractivity contribution < 1.29 is 19.6 Å². The van der Waals surface area contributed by atoms with Gasteiger partial charge in [0.1, 0.15) is 11.4 Å². The first kappa shape index (κ1) is 15.0. The summed E-state index contributed by atoms with van der Waals surface area (Å²) in [5, 5.41) is 23.0. The second kappa shape index (κ2) is 5.52. The number of carbonyl (C=O) groups is 2. The zero-order valence-corrected chi connectivity index (χ0v) is 12.4. The van der Waals surface area contributed by atoms with Crippen LogP contribution < -0.4 is 5.32 Å². The summed E-state index contributed by atoms with van der Waals surface area (Å²) in [6, 6.07) is 1.68. The van der Waals surface area contributed by atoms with Gasteiger partial charge in [-0.1, -0.05) is 0 Å². The van der Waals surface area contributed by atoms with Gasteiger partial charge in [0, 0.05) is 24.2 Å². The zero-order valence-electron chi connectivity index (χ0n) is 10.8. The van der Waals surface area contributed by atoms with Crippen LogP contribution in [0.4, 0.5) is 10.5 Å². The molecule has 0 aromatic heterocycles. The average Bonchev–Trinajstić information content (AvgIpc) is 2.68. The van der Waals surface area contributed by atoms with Crippen LogP contribution in [-0.2, 0) is 4.79 Å². The summed E-state index contributed by atoms with van der Waals surface area (Å²) in [6.07, 6.45) is 1.20. The van der Waals surface area contributed by atoms with E-state index in [-0.39, 0.29) is 33.7 Å². The molecule has 0 atom stereocenters. The maximum atomic E-state index is 11.9. The smallest absolute Gasteiger partial charge is 0.328 e. The fourth-order valence-corrected chi connectivity index (χ4v) is 2.30. The van der Waals surface area contributed by atoms with E-state index in [0.29, 0.717) is 0 Å². The van der Waals surface area contributed by atoms with Crippen LogP contribution in [0, 0.1) is 10.1 Å². The second-order valence-electron chi connectivity index (χ2n) is 4.16. The van der Waals surface area contributed by atoms with Gasteiger partial charge in [0.05, 0.1) is 9.40 Å². The maximum Gasteiger partial charge on any atom is 0.328 e. The maximum absolute atomic E-state index is 11.9. The van der Waals surface area contributed by atoms with Crippen molar-refractivity contribution in [2.24, 2.45) is 0 Å². The molecule has 0 saturated carbocycles. The SMILES string of the molecule is CCN1C(=O)N/C(=C/c2cc([N+](=O)[O-])cc(Br)c2O)C1=O. The van der Waals surface area contributed by atoms with Gasteiger partial charge in [-0.2, -0.15) is 0 Å². The first-order chi connectivity index (χ1) is 9.85. The molecule has 1 aromatic rings. The molecule has 1 saturated heterocycles. The van der Waals surface area contributed by atoms with Crippen LogP contribution in [0.3, 0.4) is 0 Å². The minimum Gasteiger partial charge on any atom is -0.506 e. The third kappa shape index (κ3) is 2.72. The van der Waals surface area contributed by atoms with E-state index in [2.05, 4.69) is 21.2 Å². The first-order valence-electron chi connectivity index (χ1n) is 5.86. The summed E-state index contributed by atoms with van der Waals surface area (Å²) in [4.78, 5) is 34.6. The number of phenols is 1. The van der Waals surface area contributed by atoms with E-state index in [1.165, 1.54) is 6.08 Å². The number of non-ortho nitro benzene ring substituents is 1. The Balaban J connectivity index is 2.48. The van der Waals surface area contributed by atoms with Crippen molar-refractivity contribution in [3.8, 4) is 5.75 Å². The summed E-state index contributed by atoms with van der Waals surface area (Å²) >= 11 is 3.00. The summed E-state index contributed by atoms with van der Waals surface area (Å²) < 4.78 is 0.118. The van der Waals surface area contributed by atoms with Gasteiger partial charge in [0.15, 0.2) is 0 Å². The molecule has 1 heterocycles. The van der Waals surface area contributed by atoms with Crippen LogP contribution in [0.2, 0.25) is 0 Å². The Hall–Kier alpha value is -2.42. The Kier molecular flexibility index (Phi) is 3.94. The number of rotatable bonds is 3. The number of nitrogens with one attached hydrogen (secondary N) is 1. The van der Waals surface area contributed by atoms with E-state index in [1.54, 1.807) is 6.92 Å². The fourth-order valence-electron chi connectivity index (χ4n) is 1.84. The lowest BCUT2D eigenvalue weighted by molar-refractivity contribution is -0.385. The van der Waals surface area contributed by atoms with Crippen molar-refractivity contribution in [2.75, 3.05) is 6.54 Å². The van der Waals surface area contributed by atoms with Gasteiger partial charge in [0.2, 0.25) is 0 Å². The third-order valence-corrected chi connectivity index (χ3v) is 3.47. The van der Waals surface area contributed by atoms with Crippen LogP contribution in [0.15, 0.2) is 22.3 Å². The molecule has 8 nitrogen and oxygen atoms in total. The van der Waals surface area contributed by atoms with E-state index in [4.69, 9.17) is 0 Å². The van der Waals surface area contributed by atoms with Crippen molar-refractivity contribution >= 4 is 39.6 Å². The number of hydrogen-bond acceptors (Lipinski definition) is 5. The van der Waals surface area contributed by atoms with Crippen molar-refractivity contribution in [1.29, 1.82) is 0 Å². The number of nitrogens with zero attached hydrogens (tertiary/aromatic N) is 2. The monoisotopic (exact) mass is 355 g/mol. The highest BCUT2D eigenvalue weighted by molar-refractivity contribution is 9.10. The van der Waals surface area contributed by atoms with Crippen molar-refractivity contribution in [2.45, 2.75) is 6.92 Å². The van der Waals surface area contributed by atoms with Crippen molar-refractivity contribution in [3.05, 3.63) is 38.0 Å². The van der Waals surface area contributed by atoms with Gasteiger partial charge in [-0.15, -0.1) is 0 Å². The summed E-state index contributed by atoms with van der Waals surface area (Å²) in [7, 11) is 0. The molecular weight excluding hydrogens is 346 g/mol. The number of nitro benzene ring substituents is 1. The van der Waals surface area contributed by atoms with Crippen LogP contribution in [0.5, 0.6) is 5.75 Å². The highest BCUT2D eigenvalue weighted by atomic mass is 79.9. The van der Waals surface area contributed by atoms with Gasteiger partial charge >= 0.3 is 6.03 Å². The second-order valence-corrected chi connectivity index (χ2v) is 5.01. The molecule has 110 valence electrons. The number of amides is 3. The lowest BCUT2D eigenvalue weighted by Gasteiger charge is -2.06. The number of benzene rings is 1. The van der Waals surface area contributed by atoms with Crippen LogP contribution in [0.1, 0.15) is 12.5 Å². The summed E-state index contributed by atoms with van der Waals surface area (Å²) in [6.45, 7) is 1.84. The Morgan fingerprint density at radius 1 is 1.48 bits per heavy atom. The number of aromatic hydroxyl groups is 1. The largest absolute Gasteiger partial charge is 0.506 e. The quantitative estimate of drug-likeness (QED) is 0.372. The van der Waals surface area contributed by atoms with E-state index in [9.17, 15) is 24.8 Å². The Morgan fingerprint density at radius 2 is 2.14 bits per heavy atom. The van der Waals surface area contributed by atoms with Gasteiger partial charge in [-0.3, -0.25) is 19.8 Å². The lowest BCUT2D eigenvalue weighted by atomic mass is 10.1. The molecule has 0 bridgehead atoms.